The summed E-state index contributed by atoms with van der Waals surface area (Å²) >= 11 is 0. The van der Waals surface area contributed by atoms with E-state index in [1.807, 2.05) is 19.9 Å². The number of aromatic amines is 1. The van der Waals surface area contributed by atoms with Crippen molar-refractivity contribution in [1.82, 2.24) is 0 Å². The fourth-order valence-corrected chi connectivity index (χ4v) is 2.65. The van der Waals surface area contributed by atoms with Crippen molar-refractivity contribution in [1.29, 1.82) is 5.26 Å². The number of hydrogen-bond acceptors (Lipinski definition) is 2. The van der Waals surface area contributed by atoms with E-state index in [4.69, 9.17) is 0 Å². The van der Waals surface area contributed by atoms with Gasteiger partial charge in [0.15, 0.2) is 0 Å². The number of aryl methyl sites for hydroxylation is 2. The number of hydrogen-bond donors (Lipinski definition) is 1. The fourth-order valence-electron chi connectivity index (χ4n) is 2.65. The van der Waals surface area contributed by atoms with Crippen LogP contribution in [0.5, 0.6) is 0 Å². The number of anilines is 1. The van der Waals surface area contributed by atoms with Crippen LogP contribution in [0.25, 0.3) is 0 Å². The molecule has 0 aliphatic carbocycles. The number of rotatable bonds is 2. The van der Waals surface area contributed by atoms with Gasteiger partial charge in [0.25, 0.3) is 5.82 Å². The van der Waals surface area contributed by atoms with Crippen molar-refractivity contribution in [3.8, 4) is 6.07 Å². The largest absolute Gasteiger partial charge is 0.329 e. The van der Waals surface area contributed by atoms with Crippen molar-refractivity contribution in [3.63, 3.8) is 0 Å². The summed E-state index contributed by atoms with van der Waals surface area (Å²) < 4.78 is 0. The molecule has 0 atom stereocenters. The lowest BCUT2D eigenvalue weighted by molar-refractivity contribution is -0.898. The molecule has 1 saturated heterocycles. The first-order valence-corrected chi connectivity index (χ1v) is 6.67. The van der Waals surface area contributed by atoms with Gasteiger partial charge in [0.1, 0.15) is 37.8 Å². The maximum Gasteiger partial charge on any atom is 0.293 e. The van der Waals surface area contributed by atoms with Crippen molar-refractivity contribution in [2.45, 2.75) is 20.8 Å². The van der Waals surface area contributed by atoms with E-state index in [1.54, 1.807) is 4.90 Å². The molecule has 1 fully saturated rings. The minimum Gasteiger partial charge on any atom is -0.329 e. The molecule has 4 nitrogen and oxygen atoms in total. The summed E-state index contributed by atoms with van der Waals surface area (Å²) in [6, 6.07) is 4.37. The number of pyridine rings is 1. The third kappa shape index (κ3) is 2.46. The Balaban J connectivity index is 2.26. The lowest BCUT2D eigenvalue weighted by Gasteiger charge is -2.28. The average Bonchev–Trinajstić information content (AvgIpc) is 2.38. The van der Waals surface area contributed by atoms with Crippen LogP contribution in [0.2, 0.25) is 0 Å². The minimum absolute atomic E-state index is 0.792. The van der Waals surface area contributed by atoms with Gasteiger partial charge in [-0.15, -0.1) is 0 Å². The maximum absolute atomic E-state index is 9.32. The second-order valence-corrected chi connectivity index (χ2v) is 5.06. The zero-order valence-corrected chi connectivity index (χ0v) is 11.5. The van der Waals surface area contributed by atoms with Gasteiger partial charge in [-0.3, -0.25) is 0 Å². The summed E-state index contributed by atoms with van der Waals surface area (Å²) in [6.45, 7) is 11.8. The molecule has 4 heteroatoms. The van der Waals surface area contributed by atoms with E-state index in [0.29, 0.717) is 0 Å². The molecule has 2 rings (SSSR count). The van der Waals surface area contributed by atoms with Gasteiger partial charge in [-0.05, 0) is 32.4 Å². The number of likely N-dealkylation sites (N-methyl/N-ethyl adjacent to an activating group) is 1. The van der Waals surface area contributed by atoms with Crippen molar-refractivity contribution in [3.05, 3.63) is 22.9 Å². The molecule has 2 heterocycles. The lowest BCUT2D eigenvalue weighted by atomic mass is 10.1. The number of aromatic nitrogens is 1. The highest BCUT2D eigenvalue weighted by Gasteiger charge is 2.28. The molecule has 0 unspecified atom stereocenters. The molecule has 0 amide bonds. The Kier molecular flexibility index (Phi) is 3.83. The predicted octanol–water partition coefficient (Wildman–Crippen LogP) is -0.286. The zero-order valence-electron chi connectivity index (χ0n) is 11.5. The molecule has 1 aliphatic rings. The fraction of sp³-hybridized carbons (Fsp3) is 0.571. The van der Waals surface area contributed by atoms with E-state index >= 15 is 0 Å². The van der Waals surface area contributed by atoms with Crippen LogP contribution in [-0.4, -0.2) is 32.7 Å². The normalized spacial score (nSPS) is 16.7. The van der Waals surface area contributed by atoms with Crippen LogP contribution in [0.15, 0.2) is 6.07 Å². The molecule has 0 spiro atoms. The zero-order chi connectivity index (χ0) is 13.1. The van der Waals surface area contributed by atoms with E-state index in [0.717, 1.165) is 48.8 Å². The average molecular weight is 246 g/mol. The second-order valence-electron chi connectivity index (χ2n) is 5.06. The Hall–Kier alpha value is -1.60. The summed E-state index contributed by atoms with van der Waals surface area (Å²) in [5, 5.41) is 9.32. The van der Waals surface area contributed by atoms with Gasteiger partial charge in [-0.1, -0.05) is 0 Å². The topological polar surface area (TPSA) is 45.6 Å². The number of piperazine rings is 1. The first kappa shape index (κ1) is 12.8. The van der Waals surface area contributed by atoms with Crippen LogP contribution in [0.3, 0.4) is 0 Å². The molecule has 0 radical (unpaired) electrons. The molecule has 0 saturated carbocycles. The number of H-pyrrole nitrogens is 1. The maximum atomic E-state index is 9.32. The first-order chi connectivity index (χ1) is 8.65. The third-order valence-corrected chi connectivity index (χ3v) is 3.78. The van der Waals surface area contributed by atoms with Gasteiger partial charge in [-0.2, -0.15) is 5.26 Å². The number of nitrogens with zero attached hydrogens (tertiary/aromatic N) is 2. The Labute approximate surface area is 109 Å². The van der Waals surface area contributed by atoms with Gasteiger partial charge in [0.2, 0.25) is 0 Å². The highest BCUT2D eigenvalue weighted by Crippen LogP contribution is 2.18. The summed E-state index contributed by atoms with van der Waals surface area (Å²) in [4.78, 5) is 7.33. The van der Waals surface area contributed by atoms with Gasteiger partial charge < -0.3 is 4.90 Å². The van der Waals surface area contributed by atoms with E-state index in [-0.39, 0.29) is 0 Å². The number of quaternary nitrogens is 1. The Morgan fingerprint density at radius 3 is 2.61 bits per heavy atom. The van der Waals surface area contributed by atoms with Crippen LogP contribution in [-0.2, 0) is 0 Å². The lowest BCUT2D eigenvalue weighted by Crippen LogP contribution is -3.14. The monoisotopic (exact) mass is 246 g/mol. The van der Waals surface area contributed by atoms with Gasteiger partial charge >= 0.3 is 0 Å². The van der Waals surface area contributed by atoms with E-state index < -0.39 is 0 Å². The van der Waals surface area contributed by atoms with Crippen molar-refractivity contribution >= 4 is 5.82 Å². The van der Waals surface area contributed by atoms with Crippen molar-refractivity contribution < 1.29 is 9.88 Å². The predicted molar refractivity (Wildman–Crippen MR) is 70.6 cm³/mol. The summed E-state index contributed by atoms with van der Waals surface area (Å²) in [6.07, 6.45) is 0. The minimum atomic E-state index is 0.792. The Morgan fingerprint density at radius 2 is 2.06 bits per heavy atom. The number of nitriles is 1. The van der Waals surface area contributed by atoms with Gasteiger partial charge in [0, 0.05) is 0 Å². The van der Waals surface area contributed by atoms with Crippen LogP contribution in [0.1, 0.15) is 23.7 Å². The summed E-state index contributed by atoms with van der Waals surface area (Å²) in [7, 11) is 0. The van der Waals surface area contributed by atoms with E-state index in [9.17, 15) is 5.26 Å². The molecular formula is C14H22N4+2. The molecule has 0 bridgehead atoms. The molecule has 96 valence electrons. The molecular weight excluding hydrogens is 224 g/mol. The van der Waals surface area contributed by atoms with Crippen molar-refractivity contribution in [2.24, 2.45) is 0 Å². The molecule has 1 aliphatic heterocycles. The summed E-state index contributed by atoms with van der Waals surface area (Å²) in [5.41, 5.74) is 2.97. The molecule has 2 N–H and O–H groups in total. The summed E-state index contributed by atoms with van der Waals surface area (Å²) in [5.74, 6) is 1.00. The van der Waals surface area contributed by atoms with Gasteiger partial charge in [0.05, 0.1) is 12.2 Å². The highest BCUT2D eigenvalue weighted by atomic mass is 15.3. The Bertz CT molecular complexity index is 467. The standard InChI is InChI=1S/C14H20N4/c1-4-17-5-7-18(8-6-17)14-13(10-15)11(2)9-12(3)16-14/h9H,4-8H2,1-3H3/p+2. The quantitative estimate of drug-likeness (QED) is 0.780. The van der Waals surface area contributed by atoms with Crippen LogP contribution in [0.4, 0.5) is 5.82 Å². The second kappa shape index (κ2) is 5.36. The SMILES string of the molecule is CC[NH+]1CCN(c2[nH+]c(C)cc(C)c2C#N)CC1. The van der Waals surface area contributed by atoms with E-state index in [1.165, 1.54) is 6.54 Å². The van der Waals surface area contributed by atoms with Gasteiger partial charge in [-0.25, -0.2) is 9.88 Å². The molecule has 0 aromatic carbocycles. The molecule has 1 aromatic heterocycles. The molecule has 1 aromatic rings. The van der Waals surface area contributed by atoms with Crippen LogP contribution < -0.4 is 14.8 Å². The van der Waals surface area contributed by atoms with Crippen LogP contribution >= 0.6 is 0 Å². The smallest absolute Gasteiger partial charge is 0.293 e. The van der Waals surface area contributed by atoms with E-state index in [2.05, 4.69) is 22.9 Å². The third-order valence-electron chi connectivity index (χ3n) is 3.78. The first-order valence-electron chi connectivity index (χ1n) is 6.67. The Morgan fingerprint density at radius 1 is 1.39 bits per heavy atom. The van der Waals surface area contributed by atoms with Crippen molar-refractivity contribution in [2.75, 3.05) is 37.6 Å². The van der Waals surface area contributed by atoms with Crippen LogP contribution in [0, 0.1) is 25.2 Å². The number of nitrogens with one attached hydrogen (secondary N) is 2. The highest BCUT2D eigenvalue weighted by molar-refractivity contribution is 5.54. The molecule has 18 heavy (non-hydrogen) atoms.